The van der Waals surface area contributed by atoms with Crippen molar-refractivity contribution in [1.82, 2.24) is 5.32 Å². The van der Waals surface area contributed by atoms with Gasteiger partial charge in [-0.3, -0.25) is 0 Å². The van der Waals surface area contributed by atoms with Gasteiger partial charge in [0.1, 0.15) is 0 Å². The predicted molar refractivity (Wildman–Crippen MR) is 92.2 cm³/mol. The largest absolute Gasteiger partial charge is 0.386 e. The molecule has 0 saturated carbocycles. The van der Waals surface area contributed by atoms with Gasteiger partial charge in [0.05, 0.1) is 12.1 Å². The van der Waals surface area contributed by atoms with Crippen molar-refractivity contribution in [3.63, 3.8) is 0 Å². The summed E-state index contributed by atoms with van der Waals surface area (Å²) in [7, 11) is 0. The summed E-state index contributed by atoms with van der Waals surface area (Å²) in [5.74, 6) is 0. The number of urea groups is 1. The fraction of sp³-hybridized carbons (Fsp3) is 0.188. The van der Waals surface area contributed by atoms with E-state index >= 15 is 0 Å². The van der Waals surface area contributed by atoms with E-state index in [1.807, 2.05) is 24.3 Å². The van der Waals surface area contributed by atoms with Crippen LogP contribution in [0.25, 0.3) is 0 Å². The number of benzene rings is 2. The number of aliphatic hydroxyl groups is 1. The Morgan fingerprint density at radius 3 is 2.55 bits per heavy atom. The first-order valence-corrected chi connectivity index (χ1v) is 7.89. The quantitative estimate of drug-likeness (QED) is 0.735. The minimum absolute atomic E-state index is 0.397. The van der Waals surface area contributed by atoms with Crippen LogP contribution in [0.2, 0.25) is 5.02 Å². The molecule has 4 nitrogen and oxygen atoms in total. The highest BCUT2D eigenvalue weighted by molar-refractivity contribution is 9.10. The minimum atomic E-state index is -0.793. The van der Waals surface area contributed by atoms with Gasteiger partial charge in [-0.05, 0) is 42.8 Å². The van der Waals surface area contributed by atoms with E-state index in [2.05, 4.69) is 26.6 Å². The summed E-state index contributed by atoms with van der Waals surface area (Å²) in [5.41, 5.74) is 1.33. The van der Waals surface area contributed by atoms with Gasteiger partial charge in [0.25, 0.3) is 0 Å². The minimum Gasteiger partial charge on any atom is -0.386 e. The van der Waals surface area contributed by atoms with Crippen LogP contribution in [0.4, 0.5) is 10.5 Å². The molecule has 3 N–H and O–H groups in total. The van der Waals surface area contributed by atoms with Crippen LogP contribution in [-0.4, -0.2) is 17.2 Å². The van der Waals surface area contributed by atoms with Crippen molar-refractivity contribution < 1.29 is 9.90 Å². The zero-order valence-corrected chi connectivity index (χ0v) is 14.2. The molecule has 0 unspecified atom stereocenters. The molecule has 0 aliphatic carbocycles. The van der Waals surface area contributed by atoms with Crippen LogP contribution >= 0.6 is 27.5 Å². The molecule has 0 radical (unpaired) electrons. The van der Waals surface area contributed by atoms with Crippen molar-refractivity contribution in [2.24, 2.45) is 0 Å². The zero-order valence-electron chi connectivity index (χ0n) is 11.9. The van der Waals surface area contributed by atoms with Gasteiger partial charge in [-0.25, -0.2) is 4.79 Å². The number of hydrogen-bond donors (Lipinski definition) is 3. The predicted octanol–water partition coefficient (Wildman–Crippen LogP) is 4.35. The zero-order chi connectivity index (χ0) is 16.1. The second-order valence-electron chi connectivity index (χ2n) is 4.89. The molecule has 0 heterocycles. The Kier molecular flexibility index (Phi) is 5.83. The molecule has 116 valence electrons. The van der Waals surface area contributed by atoms with Crippen molar-refractivity contribution in [3.05, 3.63) is 63.6 Å². The van der Waals surface area contributed by atoms with Crippen LogP contribution < -0.4 is 10.6 Å². The molecule has 2 amide bonds. The van der Waals surface area contributed by atoms with Gasteiger partial charge < -0.3 is 15.7 Å². The smallest absolute Gasteiger partial charge is 0.319 e. The SMILES string of the molecule is C[C@@H](NC(=O)Nc1cccc(Cl)c1)[C@@H](O)c1ccc(Br)cc1. The van der Waals surface area contributed by atoms with Gasteiger partial charge in [-0.2, -0.15) is 0 Å². The van der Waals surface area contributed by atoms with Crippen LogP contribution in [0.15, 0.2) is 53.0 Å². The first-order valence-electron chi connectivity index (χ1n) is 6.72. The van der Waals surface area contributed by atoms with Crippen molar-refractivity contribution >= 4 is 39.2 Å². The van der Waals surface area contributed by atoms with Gasteiger partial charge in [-0.1, -0.05) is 45.7 Å². The van der Waals surface area contributed by atoms with Crippen molar-refractivity contribution in [1.29, 1.82) is 0 Å². The Balaban J connectivity index is 1.94. The van der Waals surface area contributed by atoms with E-state index < -0.39 is 18.2 Å². The fourth-order valence-corrected chi connectivity index (χ4v) is 2.42. The lowest BCUT2D eigenvalue weighted by atomic mass is 10.0. The summed E-state index contributed by atoms with van der Waals surface area (Å²) in [4.78, 5) is 11.9. The van der Waals surface area contributed by atoms with Gasteiger partial charge in [-0.15, -0.1) is 0 Å². The van der Waals surface area contributed by atoms with E-state index in [-0.39, 0.29) is 0 Å². The molecule has 6 heteroatoms. The molecule has 2 atom stereocenters. The van der Waals surface area contributed by atoms with E-state index in [1.165, 1.54) is 0 Å². The maximum atomic E-state index is 11.9. The molecule has 0 fully saturated rings. The average Bonchev–Trinajstić information content (AvgIpc) is 2.47. The maximum absolute atomic E-state index is 11.9. The number of aliphatic hydroxyl groups excluding tert-OH is 1. The van der Waals surface area contributed by atoms with E-state index in [4.69, 9.17) is 11.6 Å². The van der Waals surface area contributed by atoms with Crippen LogP contribution in [0.5, 0.6) is 0 Å². The Labute approximate surface area is 142 Å². The fourth-order valence-electron chi connectivity index (χ4n) is 1.97. The third-order valence-electron chi connectivity index (χ3n) is 3.13. The summed E-state index contributed by atoms with van der Waals surface area (Å²) in [6, 6.07) is 13.3. The first kappa shape index (κ1) is 16.8. The normalized spacial score (nSPS) is 13.3. The van der Waals surface area contributed by atoms with Crippen LogP contribution in [0.1, 0.15) is 18.6 Å². The lowest BCUT2D eigenvalue weighted by Gasteiger charge is -2.21. The number of carbonyl (C=O) groups excluding carboxylic acids is 1. The van der Waals surface area contributed by atoms with Gasteiger partial charge >= 0.3 is 6.03 Å². The van der Waals surface area contributed by atoms with Crippen molar-refractivity contribution in [2.45, 2.75) is 19.1 Å². The first-order chi connectivity index (χ1) is 10.5. The Bertz CT molecular complexity index is 649. The molecule has 2 aromatic carbocycles. The molecule has 0 aromatic heterocycles. The molecule has 22 heavy (non-hydrogen) atoms. The highest BCUT2D eigenvalue weighted by Gasteiger charge is 2.18. The number of hydrogen-bond acceptors (Lipinski definition) is 2. The van der Waals surface area contributed by atoms with E-state index in [0.717, 1.165) is 10.0 Å². The summed E-state index contributed by atoms with van der Waals surface area (Å²) < 4.78 is 0.933. The van der Waals surface area contributed by atoms with Crippen molar-refractivity contribution in [3.8, 4) is 0 Å². The summed E-state index contributed by atoms with van der Waals surface area (Å²) in [6.45, 7) is 1.74. The van der Waals surface area contributed by atoms with E-state index in [1.54, 1.807) is 31.2 Å². The molecule has 2 rings (SSSR count). The monoisotopic (exact) mass is 382 g/mol. The topological polar surface area (TPSA) is 61.4 Å². The molecule has 0 aliphatic rings. The van der Waals surface area contributed by atoms with E-state index in [9.17, 15) is 9.90 Å². The lowest BCUT2D eigenvalue weighted by Crippen LogP contribution is -2.39. The molecular formula is C16H16BrClN2O2. The standard InChI is InChI=1S/C16H16BrClN2O2/c1-10(15(21)11-5-7-12(17)8-6-11)19-16(22)20-14-4-2-3-13(18)9-14/h2-10,15,21H,1H3,(H2,19,20,22)/t10-,15-/m1/s1. The highest BCUT2D eigenvalue weighted by atomic mass is 79.9. The Hall–Kier alpha value is -1.56. The highest BCUT2D eigenvalue weighted by Crippen LogP contribution is 2.20. The maximum Gasteiger partial charge on any atom is 0.319 e. The molecule has 0 saturated heterocycles. The second-order valence-corrected chi connectivity index (χ2v) is 6.25. The third-order valence-corrected chi connectivity index (χ3v) is 3.89. The van der Waals surface area contributed by atoms with Crippen LogP contribution in [0, 0.1) is 0 Å². The van der Waals surface area contributed by atoms with Crippen LogP contribution in [-0.2, 0) is 0 Å². The molecule has 0 spiro atoms. The molecule has 2 aromatic rings. The number of nitrogens with one attached hydrogen (secondary N) is 2. The molecule has 0 aliphatic heterocycles. The Morgan fingerprint density at radius 1 is 1.23 bits per heavy atom. The number of rotatable bonds is 4. The number of amides is 2. The van der Waals surface area contributed by atoms with Crippen LogP contribution in [0.3, 0.4) is 0 Å². The number of carbonyl (C=O) groups is 1. The summed E-state index contributed by atoms with van der Waals surface area (Å²) >= 11 is 9.20. The average molecular weight is 384 g/mol. The van der Waals surface area contributed by atoms with E-state index in [0.29, 0.717) is 10.7 Å². The summed E-state index contributed by atoms with van der Waals surface area (Å²) in [5, 5.41) is 16.2. The van der Waals surface area contributed by atoms with Gasteiger partial charge in [0, 0.05) is 15.2 Å². The Morgan fingerprint density at radius 2 is 1.91 bits per heavy atom. The van der Waals surface area contributed by atoms with Gasteiger partial charge in [0.2, 0.25) is 0 Å². The lowest BCUT2D eigenvalue weighted by molar-refractivity contribution is 0.139. The van der Waals surface area contributed by atoms with Crippen molar-refractivity contribution in [2.75, 3.05) is 5.32 Å². The van der Waals surface area contributed by atoms with Gasteiger partial charge in [0.15, 0.2) is 0 Å². The number of anilines is 1. The summed E-state index contributed by atoms with van der Waals surface area (Å²) in [6.07, 6.45) is -0.793. The molecular weight excluding hydrogens is 368 g/mol. The second kappa shape index (κ2) is 7.63. The third kappa shape index (κ3) is 4.73. The number of halogens is 2. The molecule has 0 bridgehead atoms.